The molecule has 0 bridgehead atoms. The Kier molecular flexibility index (Phi) is 5.68. The van der Waals surface area contributed by atoms with E-state index in [0.717, 1.165) is 11.3 Å². The van der Waals surface area contributed by atoms with Gasteiger partial charge in [0, 0.05) is 33.9 Å². The van der Waals surface area contributed by atoms with E-state index in [1.54, 1.807) is 49.6 Å². The molecule has 202 valence electrons. The lowest BCUT2D eigenvalue weighted by Gasteiger charge is -2.37. The molecule has 3 atom stereocenters. The fourth-order valence-electron chi connectivity index (χ4n) is 7.19. The Morgan fingerprint density at radius 1 is 0.756 bits per heavy atom. The summed E-state index contributed by atoms with van der Waals surface area (Å²) in [5, 5.41) is 0. The molecule has 2 aliphatic heterocycles. The molecular formula is C35H27NO5. The summed E-state index contributed by atoms with van der Waals surface area (Å²) in [7, 11) is 3.08. The number of Topliss-reactive ketones (excluding diaryl/α,β-unsaturated/α-hetero) is 3. The van der Waals surface area contributed by atoms with Gasteiger partial charge in [-0.2, -0.15) is 0 Å². The fraction of sp³-hybridized carbons (Fsp3) is 0.171. The van der Waals surface area contributed by atoms with Crippen LogP contribution in [0.15, 0.2) is 103 Å². The van der Waals surface area contributed by atoms with Crippen LogP contribution in [-0.2, 0) is 0 Å². The number of carbonyl (C=O) groups is 3. The zero-order valence-corrected chi connectivity index (χ0v) is 22.6. The molecule has 3 aliphatic rings. The lowest BCUT2D eigenvalue weighted by molar-refractivity contribution is 0.0664. The zero-order valence-electron chi connectivity index (χ0n) is 22.6. The Morgan fingerprint density at radius 2 is 1.41 bits per heavy atom. The smallest absolute Gasteiger partial charge is 0.185 e. The SMILES string of the molecule is COc1cccc([C@H]2[C@H](C(=O)c3ccccc3)N3c4ccccc4C=CC3C23C(=O)c2ccccc2C3=O)c1OC. The van der Waals surface area contributed by atoms with Crippen molar-refractivity contribution in [1.29, 1.82) is 0 Å². The Hall–Kier alpha value is -4.97. The van der Waals surface area contributed by atoms with Crippen molar-refractivity contribution in [2.45, 2.75) is 18.0 Å². The summed E-state index contributed by atoms with van der Waals surface area (Å²) in [5.41, 5.74) is 1.95. The van der Waals surface area contributed by atoms with Gasteiger partial charge in [0.05, 0.1) is 20.3 Å². The lowest BCUT2D eigenvalue weighted by atomic mass is 9.64. The normalized spacial score (nSPS) is 21.4. The molecule has 0 N–H and O–H groups in total. The van der Waals surface area contributed by atoms with Gasteiger partial charge >= 0.3 is 0 Å². The van der Waals surface area contributed by atoms with Gasteiger partial charge in [0.25, 0.3) is 0 Å². The fourth-order valence-corrected chi connectivity index (χ4v) is 7.19. The number of hydrogen-bond donors (Lipinski definition) is 0. The van der Waals surface area contributed by atoms with Crippen molar-refractivity contribution in [3.63, 3.8) is 0 Å². The summed E-state index contributed by atoms with van der Waals surface area (Å²) >= 11 is 0. The second kappa shape index (κ2) is 9.30. The van der Waals surface area contributed by atoms with Crippen LogP contribution in [0.5, 0.6) is 11.5 Å². The van der Waals surface area contributed by atoms with Gasteiger partial charge in [0.2, 0.25) is 0 Å². The number of hydrogen-bond acceptors (Lipinski definition) is 6. The van der Waals surface area contributed by atoms with Crippen LogP contribution in [0, 0.1) is 5.41 Å². The molecule has 1 saturated heterocycles. The van der Waals surface area contributed by atoms with E-state index in [9.17, 15) is 14.4 Å². The van der Waals surface area contributed by atoms with Crippen LogP contribution in [0.2, 0.25) is 0 Å². The maximum absolute atomic E-state index is 14.8. The quantitative estimate of drug-likeness (QED) is 0.227. The van der Waals surface area contributed by atoms with Gasteiger partial charge in [0.1, 0.15) is 11.5 Å². The van der Waals surface area contributed by atoms with Crippen molar-refractivity contribution in [1.82, 2.24) is 0 Å². The number of anilines is 1. The minimum atomic E-state index is -1.61. The molecule has 6 heteroatoms. The zero-order chi connectivity index (χ0) is 28.3. The molecule has 1 aliphatic carbocycles. The number of benzene rings is 4. The van der Waals surface area contributed by atoms with Crippen LogP contribution in [0.1, 0.15) is 48.1 Å². The van der Waals surface area contributed by atoms with Crippen LogP contribution in [-0.4, -0.2) is 43.7 Å². The van der Waals surface area contributed by atoms with E-state index in [2.05, 4.69) is 0 Å². The first-order valence-electron chi connectivity index (χ1n) is 13.6. The first kappa shape index (κ1) is 25.0. The molecule has 1 unspecified atom stereocenters. The molecule has 1 fully saturated rings. The lowest BCUT2D eigenvalue weighted by Crippen LogP contribution is -2.48. The van der Waals surface area contributed by atoms with Gasteiger partial charge in [-0.15, -0.1) is 0 Å². The molecule has 6 nitrogen and oxygen atoms in total. The third kappa shape index (κ3) is 3.27. The van der Waals surface area contributed by atoms with Crippen molar-refractivity contribution in [2.24, 2.45) is 5.41 Å². The van der Waals surface area contributed by atoms with Gasteiger partial charge in [-0.1, -0.05) is 97.1 Å². The Morgan fingerprint density at radius 3 is 2.10 bits per heavy atom. The van der Waals surface area contributed by atoms with Gasteiger partial charge in [-0.25, -0.2) is 0 Å². The maximum atomic E-state index is 14.8. The second-order valence-electron chi connectivity index (χ2n) is 10.6. The number of rotatable bonds is 5. The summed E-state index contributed by atoms with van der Waals surface area (Å²) in [6.07, 6.45) is 3.87. The minimum absolute atomic E-state index is 0.177. The van der Waals surface area contributed by atoms with Crippen LogP contribution < -0.4 is 14.4 Å². The number of methoxy groups -OCH3 is 2. The molecule has 2 heterocycles. The van der Waals surface area contributed by atoms with Crippen molar-refractivity contribution < 1.29 is 23.9 Å². The monoisotopic (exact) mass is 541 g/mol. The van der Waals surface area contributed by atoms with Crippen LogP contribution in [0.25, 0.3) is 6.08 Å². The number of carbonyl (C=O) groups excluding carboxylic acids is 3. The molecule has 0 amide bonds. The van der Waals surface area contributed by atoms with E-state index in [-0.39, 0.29) is 17.3 Å². The van der Waals surface area contributed by atoms with Crippen LogP contribution in [0.4, 0.5) is 5.69 Å². The Balaban J connectivity index is 1.59. The highest BCUT2D eigenvalue weighted by Gasteiger charge is 2.72. The number of fused-ring (bicyclic) bond motifs is 5. The predicted molar refractivity (Wildman–Crippen MR) is 156 cm³/mol. The topological polar surface area (TPSA) is 72.9 Å². The molecule has 7 rings (SSSR count). The molecular weight excluding hydrogens is 514 g/mol. The third-order valence-corrected chi connectivity index (χ3v) is 8.81. The maximum Gasteiger partial charge on any atom is 0.185 e. The van der Waals surface area contributed by atoms with E-state index in [1.807, 2.05) is 71.6 Å². The second-order valence-corrected chi connectivity index (χ2v) is 10.6. The molecule has 0 saturated carbocycles. The van der Waals surface area contributed by atoms with Crippen molar-refractivity contribution >= 4 is 29.1 Å². The summed E-state index contributed by atoms with van der Waals surface area (Å²) < 4.78 is 11.5. The number of para-hydroxylation sites is 2. The van der Waals surface area contributed by atoms with E-state index in [4.69, 9.17) is 9.47 Å². The summed E-state index contributed by atoms with van der Waals surface area (Å²) in [6, 6.07) is 27.6. The van der Waals surface area contributed by atoms with Crippen molar-refractivity contribution in [3.8, 4) is 11.5 Å². The van der Waals surface area contributed by atoms with Crippen molar-refractivity contribution in [2.75, 3.05) is 19.1 Å². The van der Waals surface area contributed by atoms with Gasteiger partial charge in [0.15, 0.2) is 28.8 Å². The third-order valence-electron chi connectivity index (χ3n) is 8.81. The summed E-state index contributed by atoms with van der Waals surface area (Å²) in [5.74, 6) is -0.760. The van der Waals surface area contributed by atoms with Crippen LogP contribution in [0.3, 0.4) is 0 Å². The van der Waals surface area contributed by atoms with Crippen LogP contribution >= 0.6 is 0 Å². The van der Waals surface area contributed by atoms with E-state index >= 15 is 0 Å². The highest BCUT2D eigenvalue weighted by molar-refractivity contribution is 6.32. The summed E-state index contributed by atoms with van der Waals surface area (Å²) in [6.45, 7) is 0. The van der Waals surface area contributed by atoms with E-state index in [0.29, 0.717) is 33.8 Å². The molecule has 0 radical (unpaired) electrons. The molecule has 4 aromatic carbocycles. The highest BCUT2D eigenvalue weighted by Crippen LogP contribution is 2.62. The average Bonchev–Trinajstić information content (AvgIpc) is 3.46. The number of ether oxygens (including phenoxy) is 2. The first-order chi connectivity index (χ1) is 20.0. The largest absolute Gasteiger partial charge is 0.493 e. The number of nitrogens with zero attached hydrogens (tertiary/aromatic N) is 1. The molecule has 1 spiro atoms. The van der Waals surface area contributed by atoms with E-state index in [1.165, 1.54) is 7.11 Å². The first-order valence-corrected chi connectivity index (χ1v) is 13.6. The van der Waals surface area contributed by atoms with E-state index < -0.39 is 23.4 Å². The Bertz CT molecular complexity index is 1720. The highest BCUT2D eigenvalue weighted by atomic mass is 16.5. The Labute approximate surface area is 237 Å². The standard InChI is InChI=1S/C35H27NO5/c1-40-27-18-10-16-25(32(27)41-2)29-30(31(37)22-12-4-3-5-13-22)36-26-17-9-6-11-21(26)19-20-28(36)35(29)33(38)23-14-7-8-15-24(23)34(35)39/h3-20,28-30H,1-2H3/t28?,29-,30+/m0/s1. The van der Waals surface area contributed by atoms with Crippen molar-refractivity contribution in [3.05, 3.63) is 131 Å². The molecule has 41 heavy (non-hydrogen) atoms. The number of ketones is 3. The molecule has 4 aromatic rings. The minimum Gasteiger partial charge on any atom is -0.493 e. The predicted octanol–water partition coefficient (Wildman–Crippen LogP) is 6.02. The van der Waals surface area contributed by atoms with Gasteiger partial charge < -0.3 is 14.4 Å². The summed E-state index contributed by atoms with van der Waals surface area (Å²) in [4.78, 5) is 46.3. The average molecular weight is 542 g/mol. The molecule has 0 aromatic heterocycles. The van der Waals surface area contributed by atoms with Gasteiger partial charge in [-0.3, -0.25) is 14.4 Å². The van der Waals surface area contributed by atoms with Gasteiger partial charge in [-0.05, 0) is 17.7 Å².